The van der Waals surface area contributed by atoms with E-state index in [-0.39, 0.29) is 5.69 Å². The maximum absolute atomic E-state index is 10.7. The molecule has 0 aliphatic carbocycles. The van der Waals surface area contributed by atoms with E-state index in [0.717, 1.165) is 15.7 Å². The Balaban J connectivity index is 2.12. The third kappa shape index (κ3) is 3.68. The summed E-state index contributed by atoms with van der Waals surface area (Å²) < 4.78 is 0.915. The Bertz CT molecular complexity index is 619. The standard InChI is InChI=1S/C13H10BrClN2O2/c14-10-4-5-12(15)13(7-10)16-8-9-2-1-3-11(6-9)17(18)19/h1-7,16H,8H2. The van der Waals surface area contributed by atoms with Crippen LogP contribution >= 0.6 is 27.5 Å². The van der Waals surface area contributed by atoms with Gasteiger partial charge >= 0.3 is 0 Å². The third-order valence-corrected chi connectivity index (χ3v) is 3.36. The quantitative estimate of drug-likeness (QED) is 0.652. The van der Waals surface area contributed by atoms with Gasteiger partial charge in [0.1, 0.15) is 0 Å². The maximum atomic E-state index is 10.7. The van der Waals surface area contributed by atoms with Crippen molar-refractivity contribution < 1.29 is 4.92 Å². The fraction of sp³-hybridized carbons (Fsp3) is 0.0769. The Morgan fingerprint density at radius 2 is 2.05 bits per heavy atom. The summed E-state index contributed by atoms with van der Waals surface area (Å²) in [6, 6.07) is 12.0. The van der Waals surface area contributed by atoms with Gasteiger partial charge in [-0.3, -0.25) is 10.1 Å². The van der Waals surface area contributed by atoms with Gasteiger partial charge in [-0.15, -0.1) is 0 Å². The largest absolute Gasteiger partial charge is 0.380 e. The zero-order valence-corrected chi connectivity index (χ0v) is 12.1. The van der Waals surface area contributed by atoms with Gasteiger partial charge < -0.3 is 5.32 Å². The van der Waals surface area contributed by atoms with Crippen molar-refractivity contribution in [2.24, 2.45) is 0 Å². The number of nitrogens with zero attached hydrogens (tertiary/aromatic N) is 1. The number of benzene rings is 2. The second-order valence-electron chi connectivity index (χ2n) is 3.90. The molecule has 0 saturated heterocycles. The number of halogens is 2. The highest BCUT2D eigenvalue weighted by atomic mass is 79.9. The van der Waals surface area contributed by atoms with Crippen molar-refractivity contribution in [1.82, 2.24) is 0 Å². The summed E-state index contributed by atoms with van der Waals surface area (Å²) in [6.07, 6.45) is 0. The SMILES string of the molecule is O=[N+]([O-])c1cccc(CNc2cc(Br)ccc2Cl)c1. The average Bonchev–Trinajstić information content (AvgIpc) is 2.40. The van der Waals surface area contributed by atoms with Gasteiger partial charge in [0, 0.05) is 23.2 Å². The van der Waals surface area contributed by atoms with Crippen molar-refractivity contribution >= 4 is 38.9 Å². The molecule has 0 aliphatic rings. The second-order valence-corrected chi connectivity index (χ2v) is 5.23. The van der Waals surface area contributed by atoms with Crippen molar-refractivity contribution in [3.05, 3.63) is 67.6 Å². The first kappa shape index (κ1) is 13.8. The lowest BCUT2D eigenvalue weighted by Gasteiger charge is -2.08. The van der Waals surface area contributed by atoms with Crippen molar-refractivity contribution in [1.29, 1.82) is 0 Å². The van der Waals surface area contributed by atoms with Gasteiger partial charge in [0.05, 0.1) is 15.6 Å². The maximum Gasteiger partial charge on any atom is 0.269 e. The molecule has 0 aliphatic heterocycles. The van der Waals surface area contributed by atoms with Crippen LogP contribution in [0.2, 0.25) is 5.02 Å². The molecule has 0 bridgehead atoms. The van der Waals surface area contributed by atoms with E-state index in [1.165, 1.54) is 6.07 Å². The Hall–Kier alpha value is -1.59. The van der Waals surface area contributed by atoms with Gasteiger partial charge in [-0.25, -0.2) is 0 Å². The van der Waals surface area contributed by atoms with Gasteiger partial charge in [0.15, 0.2) is 0 Å². The molecule has 2 rings (SSSR count). The van der Waals surface area contributed by atoms with Crippen LogP contribution in [-0.2, 0) is 6.54 Å². The lowest BCUT2D eigenvalue weighted by molar-refractivity contribution is -0.384. The molecule has 0 radical (unpaired) electrons. The first-order chi connectivity index (χ1) is 9.06. The van der Waals surface area contributed by atoms with Crippen molar-refractivity contribution in [3.63, 3.8) is 0 Å². The monoisotopic (exact) mass is 340 g/mol. The van der Waals surface area contributed by atoms with Crippen molar-refractivity contribution in [2.75, 3.05) is 5.32 Å². The molecule has 0 unspecified atom stereocenters. The molecule has 0 saturated carbocycles. The van der Waals surface area contributed by atoms with Crippen LogP contribution in [0.1, 0.15) is 5.56 Å². The molecule has 6 heteroatoms. The van der Waals surface area contributed by atoms with E-state index in [4.69, 9.17) is 11.6 Å². The van der Waals surface area contributed by atoms with Gasteiger partial charge in [0.2, 0.25) is 0 Å². The zero-order valence-electron chi connectivity index (χ0n) is 9.77. The topological polar surface area (TPSA) is 55.2 Å². The van der Waals surface area contributed by atoms with E-state index in [1.54, 1.807) is 18.2 Å². The Kier molecular flexibility index (Phi) is 4.39. The third-order valence-electron chi connectivity index (χ3n) is 2.53. The zero-order chi connectivity index (χ0) is 13.8. The van der Waals surface area contributed by atoms with Crippen LogP contribution in [0.3, 0.4) is 0 Å². The van der Waals surface area contributed by atoms with E-state index in [9.17, 15) is 10.1 Å². The highest BCUT2D eigenvalue weighted by Gasteiger charge is 2.06. The number of anilines is 1. The summed E-state index contributed by atoms with van der Waals surface area (Å²) in [5, 5.41) is 14.4. The van der Waals surface area contributed by atoms with Crippen LogP contribution < -0.4 is 5.32 Å². The number of rotatable bonds is 4. The summed E-state index contributed by atoms with van der Waals surface area (Å²) in [6.45, 7) is 0.470. The van der Waals surface area contributed by atoms with Crippen LogP contribution in [0.15, 0.2) is 46.9 Å². The predicted molar refractivity (Wildman–Crippen MR) is 79.6 cm³/mol. The van der Waals surface area contributed by atoms with Crippen LogP contribution in [0.25, 0.3) is 0 Å². The summed E-state index contributed by atoms with van der Waals surface area (Å²) in [4.78, 5) is 10.3. The van der Waals surface area contributed by atoms with Crippen LogP contribution in [0.4, 0.5) is 11.4 Å². The van der Waals surface area contributed by atoms with Crippen molar-refractivity contribution in [2.45, 2.75) is 6.54 Å². The smallest absolute Gasteiger partial charge is 0.269 e. The minimum atomic E-state index is -0.407. The molecule has 19 heavy (non-hydrogen) atoms. The molecule has 98 valence electrons. The average molecular weight is 342 g/mol. The summed E-state index contributed by atoms with van der Waals surface area (Å²) in [7, 11) is 0. The van der Waals surface area contributed by atoms with Crippen molar-refractivity contribution in [3.8, 4) is 0 Å². The molecule has 1 N–H and O–H groups in total. The van der Waals surface area contributed by atoms with Gasteiger partial charge in [-0.1, -0.05) is 39.7 Å². The number of non-ortho nitro benzene ring substituents is 1. The molecule has 0 amide bonds. The fourth-order valence-electron chi connectivity index (χ4n) is 1.61. The first-order valence-electron chi connectivity index (χ1n) is 5.48. The number of nitrogens with one attached hydrogen (secondary N) is 1. The molecule has 2 aromatic carbocycles. The second kappa shape index (κ2) is 6.04. The lowest BCUT2D eigenvalue weighted by atomic mass is 10.2. The van der Waals surface area contributed by atoms with Crippen LogP contribution in [-0.4, -0.2) is 4.92 Å². The highest BCUT2D eigenvalue weighted by Crippen LogP contribution is 2.26. The molecular formula is C13H10BrClN2O2. The molecule has 0 spiro atoms. The number of hydrogen-bond donors (Lipinski definition) is 1. The Morgan fingerprint density at radius 1 is 1.26 bits per heavy atom. The van der Waals surface area contributed by atoms with Gasteiger partial charge in [-0.05, 0) is 23.8 Å². The Labute approximate surface area is 123 Å². The molecule has 0 aromatic heterocycles. The molecular weight excluding hydrogens is 332 g/mol. The first-order valence-corrected chi connectivity index (χ1v) is 6.65. The Morgan fingerprint density at radius 3 is 2.79 bits per heavy atom. The number of nitro groups is 1. The summed E-state index contributed by atoms with van der Waals surface area (Å²) in [5.41, 5.74) is 1.69. The van der Waals surface area contributed by atoms with E-state index in [2.05, 4.69) is 21.2 Å². The van der Waals surface area contributed by atoms with Crippen LogP contribution in [0.5, 0.6) is 0 Å². The molecule has 0 atom stereocenters. The molecule has 0 heterocycles. The normalized spacial score (nSPS) is 10.2. The number of nitro benzene ring substituents is 1. The molecule has 0 fully saturated rings. The predicted octanol–water partition coefficient (Wildman–Crippen LogP) is 4.62. The lowest BCUT2D eigenvalue weighted by Crippen LogP contribution is -2.00. The molecule has 4 nitrogen and oxygen atoms in total. The summed E-state index contributed by atoms with van der Waals surface area (Å²) >= 11 is 9.42. The van der Waals surface area contributed by atoms with Crippen LogP contribution in [0, 0.1) is 10.1 Å². The minimum absolute atomic E-state index is 0.0830. The minimum Gasteiger partial charge on any atom is -0.380 e. The molecule has 2 aromatic rings. The number of hydrogen-bond acceptors (Lipinski definition) is 3. The van der Waals surface area contributed by atoms with Gasteiger partial charge in [0.25, 0.3) is 5.69 Å². The van der Waals surface area contributed by atoms with E-state index >= 15 is 0 Å². The van der Waals surface area contributed by atoms with E-state index < -0.39 is 4.92 Å². The van der Waals surface area contributed by atoms with E-state index in [1.807, 2.05) is 18.2 Å². The van der Waals surface area contributed by atoms with Gasteiger partial charge in [-0.2, -0.15) is 0 Å². The summed E-state index contributed by atoms with van der Waals surface area (Å²) in [5.74, 6) is 0. The van der Waals surface area contributed by atoms with E-state index in [0.29, 0.717) is 11.6 Å². The fourth-order valence-corrected chi connectivity index (χ4v) is 2.16. The highest BCUT2D eigenvalue weighted by molar-refractivity contribution is 9.10.